The highest BCUT2D eigenvalue weighted by atomic mass is 16.6. The highest BCUT2D eigenvalue weighted by molar-refractivity contribution is 4.83. The molecule has 494 valence electrons. The Hall–Kier alpha value is -1.12. The topological polar surface area (TPSA) is 286 Å². The second-order valence-electron chi connectivity index (χ2n) is 17.1. The third kappa shape index (κ3) is 71.4. The fourth-order valence-corrected chi connectivity index (χ4v) is 5.81. The maximum absolute atomic E-state index is 9.79. The summed E-state index contributed by atoms with van der Waals surface area (Å²) < 4.78 is 142. The van der Waals surface area contributed by atoms with Crippen molar-refractivity contribution >= 4 is 0 Å². The number of hydrogen-bond acceptors (Lipinski definition) is 28. The molecule has 0 aromatic rings. The third-order valence-corrected chi connectivity index (χ3v) is 10.1. The summed E-state index contributed by atoms with van der Waals surface area (Å²) in [7, 11) is 3.28. The Morgan fingerprint density at radius 1 is 0.183 bits per heavy atom. The van der Waals surface area contributed by atoms with E-state index < -0.39 is 5.54 Å². The minimum Gasteiger partial charge on any atom is -0.394 e. The zero-order chi connectivity index (χ0) is 58.9. The summed E-state index contributed by atoms with van der Waals surface area (Å²) in [4.78, 5) is 0. The van der Waals surface area contributed by atoms with Crippen molar-refractivity contribution in [3.05, 3.63) is 0 Å². The molecular weight excluding hydrogens is 1090 g/mol. The van der Waals surface area contributed by atoms with Gasteiger partial charge >= 0.3 is 0 Å². The molecule has 0 radical (unpaired) electrons. The lowest BCUT2D eigenvalue weighted by atomic mass is 10.1. The number of rotatable bonds is 77. The lowest BCUT2D eigenvalue weighted by Gasteiger charge is -2.26. The van der Waals surface area contributed by atoms with E-state index in [0.29, 0.717) is 317 Å². The van der Waals surface area contributed by atoms with Crippen LogP contribution in [0.2, 0.25) is 0 Å². The third-order valence-electron chi connectivity index (χ3n) is 10.1. The molecule has 28 heteroatoms. The van der Waals surface area contributed by atoms with Crippen molar-refractivity contribution in [1.29, 1.82) is 0 Å². The number of nitrogens with two attached hydrogens (primary N) is 1. The monoisotopic (exact) mass is 1210 g/mol. The van der Waals surface area contributed by atoms with Crippen LogP contribution in [0.1, 0.15) is 0 Å². The smallest absolute Gasteiger partial charge is 0.0862 e. The molecule has 0 atom stereocenters. The average molecular weight is 1210 g/mol. The Morgan fingerprint density at radius 3 is 0.378 bits per heavy atom. The standard InChI is InChI=1S/C54H111NO27/c1-57-3-5-59-7-9-61-11-13-63-15-17-65-19-21-67-23-25-69-27-29-71-31-33-73-35-37-75-39-41-77-43-45-79-47-49-81-52-54(55,51-56)53-82-50-48-80-46-44-78-42-40-76-38-36-74-34-32-72-30-28-70-26-24-68-22-20-66-18-16-64-14-12-62-10-8-60-6-4-58-2/h56H,3-53,55H2,1-2H3. The van der Waals surface area contributed by atoms with Gasteiger partial charge in [0.25, 0.3) is 0 Å². The van der Waals surface area contributed by atoms with Crippen molar-refractivity contribution in [3.63, 3.8) is 0 Å². The van der Waals surface area contributed by atoms with Gasteiger partial charge in [0.05, 0.1) is 342 Å². The molecule has 0 spiro atoms. The van der Waals surface area contributed by atoms with Crippen LogP contribution in [0.4, 0.5) is 0 Å². The summed E-state index contributed by atoms with van der Waals surface area (Å²) in [5.41, 5.74) is 5.20. The Morgan fingerprint density at radius 2 is 0.280 bits per heavy atom. The van der Waals surface area contributed by atoms with E-state index in [-0.39, 0.29) is 19.8 Å². The van der Waals surface area contributed by atoms with Crippen molar-refractivity contribution < 1.29 is 128 Å². The molecule has 0 saturated heterocycles. The molecule has 3 N–H and O–H groups in total. The first kappa shape index (κ1) is 80.9. The first-order valence-electron chi connectivity index (χ1n) is 28.9. The van der Waals surface area contributed by atoms with E-state index in [1.165, 1.54) is 0 Å². The lowest BCUT2D eigenvalue weighted by Crippen LogP contribution is -2.52. The van der Waals surface area contributed by atoms with Gasteiger partial charge in [0.2, 0.25) is 0 Å². The molecule has 0 aromatic carbocycles. The second kappa shape index (κ2) is 74.1. The van der Waals surface area contributed by atoms with E-state index in [1.807, 2.05) is 0 Å². The van der Waals surface area contributed by atoms with E-state index in [1.54, 1.807) is 14.2 Å². The van der Waals surface area contributed by atoms with Crippen LogP contribution in [0.15, 0.2) is 0 Å². The van der Waals surface area contributed by atoms with E-state index in [0.717, 1.165) is 0 Å². The van der Waals surface area contributed by atoms with Crippen LogP contribution >= 0.6 is 0 Å². The van der Waals surface area contributed by atoms with Gasteiger partial charge < -0.3 is 134 Å². The summed E-state index contributed by atoms with van der Waals surface area (Å²) in [6.07, 6.45) is 0. The molecule has 0 rings (SSSR count). The van der Waals surface area contributed by atoms with Crippen LogP contribution in [-0.2, 0) is 123 Å². The van der Waals surface area contributed by atoms with Gasteiger partial charge in [-0.3, -0.25) is 0 Å². The molecule has 0 bridgehead atoms. The predicted octanol–water partition coefficient (Wildman–Crippen LogP) is -0.633. The molecule has 0 fully saturated rings. The summed E-state index contributed by atoms with van der Waals surface area (Å²) in [6.45, 7) is 22.9. The average Bonchev–Trinajstić information content (AvgIpc) is 3.49. The van der Waals surface area contributed by atoms with Gasteiger partial charge in [-0.2, -0.15) is 0 Å². The van der Waals surface area contributed by atoms with Crippen molar-refractivity contribution in [2.24, 2.45) is 5.73 Å². The molecule has 0 saturated carbocycles. The van der Waals surface area contributed by atoms with Crippen LogP contribution in [0.3, 0.4) is 0 Å². The lowest BCUT2D eigenvalue weighted by molar-refractivity contribution is -0.0419. The maximum Gasteiger partial charge on any atom is 0.0862 e. The van der Waals surface area contributed by atoms with Crippen LogP contribution in [-0.4, -0.2) is 362 Å². The number of ether oxygens (including phenoxy) is 26. The zero-order valence-electron chi connectivity index (χ0n) is 50.2. The van der Waals surface area contributed by atoms with Crippen LogP contribution in [0, 0.1) is 0 Å². The summed E-state index contributed by atoms with van der Waals surface area (Å²) in [5.74, 6) is 0. The van der Waals surface area contributed by atoms with Gasteiger partial charge in [-0.1, -0.05) is 0 Å². The predicted molar refractivity (Wildman–Crippen MR) is 297 cm³/mol. The molecule has 0 aliphatic heterocycles. The van der Waals surface area contributed by atoms with Gasteiger partial charge in [0.15, 0.2) is 0 Å². The first-order chi connectivity index (χ1) is 40.7. The van der Waals surface area contributed by atoms with Crippen LogP contribution in [0.25, 0.3) is 0 Å². The maximum atomic E-state index is 9.79. The van der Waals surface area contributed by atoms with Gasteiger partial charge in [-0.25, -0.2) is 0 Å². The van der Waals surface area contributed by atoms with Crippen LogP contribution < -0.4 is 5.73 Å². The molecular formula is C54H111NO27. The quantitative estimate of drug-likeness (QED) is 0.0717. The van der Waals surface area contributed by atoms with E-state index in [4.69, 9.17) is 129 Å². The molecule has 0 aromatic heterocycles. The van der Waals surface area contributed by atoms with Gasteiger partial charge in [-0.05, 0) is 0 Å². The summed E-state index contributed by atoms with van der Waals surface area (Å²) >= 11 is 0. The number of hydrogen-bond donors (Lipinski definition) is 2. The minimum absolute atomic E-state index is 0.111. The highest BCUT2D eigenvalue weighted by Crippen LogP contribution is 2.02. The van der Waals surface area contributed by atoms with Crippen molar-refractivity contribution in [3.8, 4) is 0 Å². The molecule has 82 heavy (non-hydrogen) atoms. The molecule has 0 amide bonds. The fourth-order valence-electron chi connectivity index (χ4n) is 5.81. The molecule has 0 heterocycles. The van der Waals surface area contributed by atoms with E-state index in [2.05, 4.69) is 0 Å². The van der Waals surface area contributed by atoms with Crippen LogP contribution in [0.5, 0.6) is 0 Å². The number of methoxy groups -OCH3 is 2. The van der Waals surface area contributed by atoms with E-state index in [9.17, 15) is 5.11 Å². The summed E-state index contributed by atoms with van der Waals surface area (Å²) in [5, 5.41) is 9.79. The Balaban J connectivity index is 3.26. The number of aliphatic hydroxyl groups excluding tert-OH is 1. The Labute approximate surface area is 489 Å². The normalized spacial score (nSPS) is 12.0. The molecule has 0 aliphatic rings. The first-order valence-corrected chi connectivity index (χ1v) is 28.9. The van der Waals surface area contributed by atoms with Gasteiger partial charge in [-0.15, -0.1) is 0 Å². The molecule has 0 aliphatic carbocycles. The minimum atomic E-state index is -1.04. The largest absolute Gasteiger partial charge is 0.394 e. The Kier molecular flexibility index (Phi) is 73.1. The molecule has 28 nitrogen and oxygen atoms in total. The SMILES string of the molecule is COCCOCCOCCOCCOCCOCCOCCOCCOCCOCCOCCOCCOCC(N)(CO)COCCOCCOCCOCCOCCOCCOCCOCCOCCOCCOCCOCCOC. The van der Waals surface area contributed by atoms with Crippen molar-refractivity contribution in [2.45, 2.75) is 5.54 Å². The summed E-state index contributed by atoms with van der Waals surface area (Å²) in [6, 6.07) is 0. The Bertz CT molecular complexity index is 1060. The van der Waals surface area contributed by atoms with Crippen molar-refractivity contribution in [1.82, 2.24) is 0 Å². The number of aliphatic hydroxyl groups is 1. The molecule has 0 unspecified atom stereocenters. The zero-order valence-corrected chi connectivity index (χ0v) is 50.2. The van der Waals surface area contributed by atoms with Gasteiger partial charge in [0, 0.05) is 14.2 Å². The second-order valence-corrected chi connectivity index (χ2v) is 17.1. The van der Waals surface area contributed by atoms with Gasteiger partial charge in [0.1, 0.15) is 0 Å². The fraction of sp³-hybridized carbons (Fsp3) is 1.00. The van der Waals surface area contributed by atoms with E-state index >= 15 is 0 Å². The van der Waals surface area contributed by atoms with Crippen molar-refractivity contribution in [2.75, 3.05) is 351 Å². The highest BCUT2D eigenvalue weighted by Gasteiger charge is 2.25.